The van der Waals surface area contributed by atoms with Crippen LogP contribution in [0.25, 0.3) is 0 Å². The highest BCUT2D eigenvalue weighted by molar-refractivity contribution is 6.34. The van der Waals surface area contributed by atoms with Gasteiger partial charge in [0.05, 0.1) is 35.8 Å². The first-order valence-corrected chi connectivity index (χ1v) is 8.13. The smallest absolute Gasteiger partial charge is 0.343 e. The molecule has 0 atom stereocenters. The van der Waals surface area contributed by atoms with Gasteiger partial charge >= 0.3 is 5.97 Å². The first-order valence-electron chi connectivity index (χ1n) is 7.76. The Hall–Kier alpha value is -2.64. The Morgan fingerprint density at radius 3 is 2.62 bits per heavy atom. The summed E-state index contributed by atoms with van der Waals surface area (Å²) in [7, 11) is 1.45. The monoisotopic (exact) mass is 379 g/mol. The summed E-state index contributed by atoms with van der Waals surface area (Å²) in [5.74, 6) is -0.256. The van der Waals surface area contributed by atoms with Crippen LogP contribution in [0, 0.1) is 17.0 Å². The molecule has 2 aromatic carbocycles. The number of esters is 1. The van der Waals surface area contributed by atoms with Crippen LogP contribution in [0.3, 0.4) is 0 Å². The molecule has 0 saturated carbocycles. The van der Waals surface area contributed by atoms with Crippen molar-refractivity contribution in [2.45, 2.75) is 13.5 Å². The van der Waals surface area contributed by atoms with Gasteiger partial charge in [0, 0.05) is 6.07 Å². The lowest BCUT2D eigenvalue weighted by Crippen LogP contribution is -2.13. The topological polar surface area (TPSA) is 87.9 Å². The van der Waals surface area contributed by atoms with Crippen LogP contribution in [-0.2, 0) is 16.1 Å². The highest BCUT2D eigenvalue weighted by Crippen LogP contribution is 2.30. The Kier molecular flexibility index (Phi) is 6.94. The highest BCUT2D eigenvalue weighted by atomic mass is 35.5. The van der Waals surface area contributed by atoms with E-state index >= 15 is 0 Å². The lowest BCUT2D eigenvalue weighted by molar-refractivity contribution is -0.386. The van der Waals surface area contributed by atoms with Crippen molar-refractivity contribution in [1.29, 1.82) is 0 Å². The summed E-state index contributed by atoms with van der Waals surface area (Å²) in [5.41, 5.74) is 1.36. The lowest BCUT2D eigenvalue weighted by atomic mass is 10.1. The second-order valence-corrected chi connectivity index (χ2v) is 5.75. The van der Waals surface area contributed by atoms with Gasteiger partial charge in [-0.15, -0.1) is 0 Å². The number of halogens is 1. The molecule has 0 radical (unpaired) electrons. The van der Waals surface area contributed by atoms with E-state index in [-0.39, 0.29) is 36.1 Å². The third kappa shape index (κ3) is 4.71. The fraction of sp³-hybridized carbons (Fsp3) is 0.278. The molecule has 0 heterocycles. The first kappa shape index (κ1) is 19.7. The third-order valence-electron chi connectivity index (χ3n) is 3.62. The van der Waals surface area contributed by atoms with Gasteiger partial charge in [-0.2, -0.15) is 0 Å². The van der Waals surface area contributed by atoms with E-state index in [0.29, 0.717) is 11.3 Å². The van der Waals surface area contributed by atoms with Crippen LogP contribution >= 0.6 is 11.6 Å². The Labute approximate surface area is 155 Å². The number of rotatable bonds is 8. The van der Waals surface area contributed by atoms with Crippen LogP contribution in [0.5, 0.6) is 5.75 Å². The van der Waals surface area contributed by atoms with Crippen molar-refractivity contribution in [2.24, 2.45) is 0 Å². The number of para-hydroxylation sites is 1. The van der Waals surface area contributed by atoms with E-state index in [9.17, 15) is 14.9 Å². The van der Waals surface area contributed by atoms with E-state index in [1.54, 1.807) is 37.3 Å². The summed E-state index contributed by atoms with van der Waals surface area (Å²) in [6.45, 7) is 1.90. The maximum absolute atomic E-state index is 12.2. The summed E-state index contributed by atoms with van der Waals surface area (Å²) in [6, 6.07) is 9.64. The average molecular weight is 380 g/mol. The fourth-order valence-electron chi connectivity index (χ4n) is 2.37. The van der Waals surface area contributed by atoms with Crippen LogP contribution in [0.1, 0.15) is 21.5 Å². The van der Waals surface area contributed by atoms with Crippen molar-refractivity contribution in [3.8, 4) is 5.75 Å². The molecule has 26 heavy (non-hydrogen) atoms. The van der Waals surface area contributed by atoms with Crippen molar-refractivity contribution in [2.75, 3.05) is 20.3 Å². The molecular formula is C18H18ClNO6. The minimum atomic E-state index is -0.621. The van der Waals surface area contributed by atoms with E-state index in [2.05, 4.69) is 0 Å². The van der Waals surface area contributed by atoms with Crippen molar-refractivity contribution >= 4 is 23.3 Å². The molecule has 2 rings (SSSR count). The number of benzene rings is 2. The molecule has 0 aliphatic rings. The zero-order valence-corrected chi connectivity index (χ0v) is 15.1. The van der Waals surface area contributed by atoms with Crippen LogP contribution < -0.4 is 4.74 Å². The number of hydrogen-bond acceptors (Lipinski definition) is 6. The van der Waals surface area contributed by atoms with Crippen molar-refractivity contribution in [3.05, 3.63) is 68.2 Å². The Morgan fingerprint density at radius 1 is 1.19 bits per heavy atom. The number of nitrogens with zero attached hydrogens (tertiary/aromatic N) is 1. The van der Waals surface area contributed by atoms with Gasteiger partial charge in [0.15, 0.2) is 0 Å². The number of aryl methyl sites for hydroxylation is 1. The van der Waals surface area contributed by atoms with Gasteiger partial charge < -0.3 is 14.2 Å². The molecule has 8 heteroatoms. The SMILES string of the molecule is COc1c(C)ccc(Cl)c1C(=O)OCCOCc1ccccc1[N+](=O)[O-]. The van der Waals surface area contributed by atoms with Crippen molar-refractivity contribution < 1.29 is 23.9 Å². The van der Waals surface area contributed by atoms with Gasteiger partial charge in [0.1, 0.15) is 17.9 Å². The molecule has 0 aliphatic carbocycles. The second kappa shape index (κ2) is 9.17. The number of carbonyl (C=O) groups is 1. The number of nitro groups is 1. The van der Waals surface area contributed by atoms with E-state index in [4.69, 9.17) is 25.8 Å². The zero-order valence-electron chi connectivity index (χ0n) is 14.4. The third-order valence-corrected chi connectivity index (χ3v) is 3.93. The quantitative estimate of drug-likeness (QED) is 0.299. The normalized spacial score (nSPS) is 10.4. The number of carbonyl (C=O) groups excluding carboxylic acids is 1. The van der Waals surface area contributed by atoms with Gasteiger partial charge in [0.25, 0.3) is 5.69 Å². The minimum Gasteiger partial charge on any atom is -0.496 e. The average Bonchev–Trinajstić information content (AvgIpc) is 2.63. The van der Waals surface area contributed by atoms with Crippen LogP contribution in [-0.4, -0.2) is 31.2 Å². The van der Waals surface area contributed by atoms with Gasteiger partial charge in [-0.1, -0.05) is 29.8 Å². The molecule has 0 saturated heterocycles. The minimum absolute atomic E-state index is 0.0132. The zero-order chi connectivity index (χ0) is 19.1. The summed E-state index contributed by atoms with van der Waals surface area (Å²) in [4.78, 5) is 22.7. The van der Waals surface area contributed by atoms with Crippen molar-refractivity contribution in [1.82, 2.24) is 0 Å². The molecule has 0 aliphatic heterocycles. The largest absolute Gasteiger partial charge is 0.496 e. The second-order valence-electron chi connectivity index (χ2n) is 5.35. The number of ether oxygens (including phenoxy) is 3. The van der Waals surface area contributed by atoms with E-state index in [1.165, 1.54) is 13.2 Å². The molecule has 0 amide bonds. The van der Waals surface area contributed by atoms with Crippen LogP contribution in [0.15, 0.2) is 36.4 Å². The first-order chi connectivity index (χ1) is 12.5. The standard InChI is InChI=1S/C18H18ClNO6/c1-12-7-8-14(19)16(17(12)24-2)18(21)26-10-9-25-11-13-5-3-4-6-15(13)20(22)23/h3-8H,9-11H2,1-2H3. The fourth-order valence-corrected chi connectivity index (χ4v) is 2.60. The van der Waals surface area contributed by atoms with Gasteiger partial charge in [-0.25, -0.2) is 4.79 Å². The summed E-state index contributed by atoms with van der Waals surface area (Å²) in [6.07, 6.45) is 0. The summed E-state index contributed by atoms with van der Waals surface area (Å²) < 4.78 is 15.7. The molecule has 0 spiro atoms. The van der Waals surface area contributed by atoms with Crippen LogP contribution in [0.2, 0.25) is 5.02 Å². The number of hydrogen-bond donors (Lipinski definition) is 0. The van der Waals surface area contributed by atoms with E-state index < -0.39 is 10.9 Å². The molecule has 2 aromatic rings. The van der Waals surface area contributed by atoms with Crippen molar-refractivity contribution in [3.63, 3.8) is 0 Å². The van der Waals surface area contributed by atoms with Gasteiger partial charge in [-0.3, -0.25) is 10.1 Å². The summed E-state index contributed by atoms with van der Waals surface area (Å²) in [5, 5.41) is 11.2. The predicted octanol–water partition coefficient (Wildman–Crippen LogP) is 3.94. The maximum Gasteiger partial charge on any atom is 0.343 e. The summed E-state index contributed by atoms with van der Waals surface area (Å²) >= 11 is 6.07. The van der Waals surface area contributed by atoms with E-state index in [0.717, 1.165) is 5.56 Å². The van der Waals surface area contributed by atoms with E-state index in [1.807, 2.05) is 0 Å². The Morgan fingerprint density at radius 2 is 1.92 bits per heavy atom. The molecular weight excluding hydrogens is 362 g/mol. The molecule has 0 bridgehead atoms. The molecule has 7 nitrogen and oxygen atoms in total. The number of methoxy groups -OCH3 is 1. The number of nitro benzene ring substituents is 1. The predicted molar refractivity (Wildman–Crippen MR) is 95.8 cm³/mol. The lowest BCUT2D eigenvalue weighted by Gasteiger charge is -2.12. The maximum atomic E-state index is 12.2. The van der Waals surface area contributed by atoms with Crippen LogP contribution in [0.4, 0.5) is 5.69 Å². The van der Waals surface area contributed by atoms with Gasteiger partial charge in [-0.05, 0) is 24.6 Å². The molecule has 0 N–H and O–H groups in total. The van der Waals surface area contributed by atoms with Gasteiger partial charge in [0.2, 0.25) is 0 Å². The highest BCUT2D eigenvalue weighted by Gasteiger charge is 2.20. The molecule has 0 fully saturated rings. The molecule has 138 valence electrons. The Bertz CT molecular complexity index is 808. The molecule has 0 aromatic heterocycles. The Balaban J connectivity index is 1.89. The molecule has 0 unspecified atom stereocenters.